The molecule has 1 aliphatic rings. The summed E-state index contributed by atoms with van der Waals surface area (Å²) in [4.78, 5) is 3.24. The Morgan fingerprint density at radius 3 is 2.81 bits per heavy atom. The van der Waals surface area contributed by atoms with Gasteiger partial charge >= 0.3 is 0 Å². The minimum absolute atomic E-state index is 0.00988. The zero-order valence-electron chi connectivity index (χ0n) is 9.16. The second kappa shape index (κ2) is 3.61. The normalized spacial score (nSPS) is 16.6. The van der Waals surface area contributed by atoms with E-state index in [0.717, 1.165) is 11.1 Å². The van der Waals surface area contributed by atoms with Gasteiger partial charge in [-0.25, -0.2) is 0 Å². The quantitative estimate of drug-likeness (QED) is 0.714. The van der Waals surface area contributed by atoms with Crippen LogP contribution in [0.4, 0.5) is 0 Å². The van der Waals surface area contributed by atoms with Crippen molar-refractivity contribution in [2.45, 2.75) is 25.3 Å². The lowest BCUT2D eigenvalue weighted by molar-refractivity contribution is 0.268. The zero-order valence-corrected chi connectivity index (χ0v) is 9.16. The molecular weight excluding hydrogens is 200 g/mol. The maximum Gasteiger partial charge on any atom is 0.0625 e. The number of aromatic nitrogens is 1. The Morgan fingerprint density at radius 1 is 1.31 bits per heavy atom. The molecule has 0 saturated heterocycles. The molecular formula is C13H16N2O. The molecule has 1 heterocycles. The van der Waals surface area contributed by atoms with Gasteiger partial charge < -0.3 is 15.8 Å². The highest BCUT2D eigenvalue weighted by Gasteiger charge is 2.16. The van der Waals surface area contributed by atoms with Crippen LogP contribution in [0.5, 0.6) is 0 Å². The number of aromatic amines is 1. The van der Waals surface area contributed by atoms with Crippen molar-refractivity contribution in [3.05, 3.63) is 35.0 Å². The van der Waals surface area contributed by atoms with Crippen LogP contribution in [0, 0.1) is 0 Å². The highest BCUT2D eigenvalue weighted by atomic mass is 16.3. The number of fused-ring (bicyclic) bond motifs is 2. The lowest BCUT2D eigenvalue weighted by Crippen LogP contribution is -2.13. The largest absolute Gasteiger partial charge is 0.394 e. The predicted octanol–water partition coefficient (Wildman–Crippen LogP) is 1.65. The van der Waals surface area contributed by atoms with Gasteiger partial charge in [0.25, 0.3) is 0 Å². The fraction of sp³-hybridized carbons (Fsp3) is 0.385. The van der Waals surface area contributed by atoms with E-state index in [2.05, 4.69) is 17.1 Å². The highest BCUT2D eigenvalue weighted by molar-refractivity contribution is 5.85. The van der Waals surface area contributed by atoms with Crippen LogP contribution in [0.2, 0.25) is 0 Å². The first-order chi connectivity index (χ1) is 7.79. The van der Waals surface area contributed by atoms with Gasteiger partial charge in [0.1, 0.15) is 0 Å². The van der Waals surface area contributed by atoms with Gasteiger partial charge in [-0.05, 0) is 48.1 Å². The summed E-state index contributed by atoms with van der Waals surface area (Å²) in [5.41, 5.74) is 10.9. The molecule has 0 amide bonds. The molecule has 84 valence electrons. The summed E-state index contributed by atoms with van der Waals surface area (Å²) in [7, 11) is 0. The number of aliphatic hydroxyl groups is 1. The summed E-state index contributed by atoms with van der Waals surface area (Å²) in [5, 5.41) is 10.3. The summed E-state index contributed by atoms with van der Waals surface area (Å²) in [6, 6.07) is 4.18. The average Bonchev–Trinajstić information content (AvgIpc) is 2.90. The van der Waals surface area contributed by atoms with Gasteiger partial charge in [-0.2, -0.15) is 0 Å². The topological polar surface area (TPSA) is 62.0 Å². The molecule has 1 aromatic carbocycles. The zero-order chi connectivity index (χ0) is 11.1. The maximum absolute atomic E-state index is 9.12. The van der Waals surface area contributed by atoms with Crippen molar-refractivity contribution in [1.29, 1.82) is 0 Å². The Labute approximate surface area is 94.3 Å². The molecule has 2 aromatic rings. The lowest BCUT2D eigenvalue weighted by atomic mass is 10.0. The van der Waals surface area contributed by atoms with Gasteiger partial charge in [0.2, 0.25) is 0 Å². The second-order valence-electron chi connectivity index (χ2n) is 4.55. The van der Waals surface area contributed by atoms with Crippen molar-refractivity contribution in [2.75, 3.05) is 6.61 Å². The van der Waals surface area contributed by atoms with Gasteiger partial charge in [-0.15, -0.1) is 0 Å². The monoisotopic (exact) mass is 216 g/mol. The molecule has 0 bridgehead atoms. The number of aliphatic hydroxyl groups excluding tert-OH is 1. The van der Waals surface area contributed by atoms with Crippen LogP contribution in [-0.2, 0) is 12.8 Å². The average molecular weight is 216 g/mol. The van der Waals surface area contributed by atoms with Crippen LogP contribution < -0.4 is 5.73 Å². The fourth-order valence-corrected chi connectivity index (χ4v) is 2.62. The first-order valence-electron chi connectivity index (χ1n) is 5.79. The van der Waals surface area contributed by atoms with E-state index in [9.17, 15) is 0 Å². The van der Waals surface area contributed by atoms with E-state index in [-0.39, 0.29) is 12.6 Å². The Balaban J connectivity index is 2.19. The van der Waals surface area contributed by atoms with Crippen molar-refractivity contribution in [3.8, 4) is 0 Å². The number of hydrogen-bond acceptors (Lipinski definition) is 2. The van der Waals surface area contributed by atoms with Crippen LogP contribution in [0.25, 0.3) is 10.9 Å². The van der Waals surface area contributed by atoms with Gasteiger partial charge in [-0.3, -0.25) is 0 Å². The van der Waals surface area contributed by atoms with Crippen LogP contribution >= 0.6 is 0 Å². The van der Waals surface area contributed by atoms with Crippen molar-refractivity contribution < 1.29 is 5.11 Å². The van der Waals surface area contributed by atoms with E-state index in [4.69, 9.17) is 10.8 Å². The summed E-state index contributed by atoms with van der Waals surface area (Å²) < 4.78 is 0. The number of hydrogen-bond donors (Lipinski definition) is 3. The second-order valence-corrected chi connectivity index (χ2v) is 4.55. The maximum atomic E-state index is 9.12. The van der Waals surface area contributed by atoms with Gasteiger partial charge in [-0.1, -0.05) is 0 Å². The molecule has 3 rings (SSSR count). The van der Waals surface area contributed by atoms with Gasteiger partial charge in [0.15, 0.2) is 0 Å². The minimum Gasteiger partial charge on any atom is -0.394 e. The molecule has 1 atom stereocenters. The molecule has 3 nitrogen and oxygen atoms in total. The number of benzene rings is 1. The third-order valence-corrected chi connectivity index (χ3v) is 3.52. The van der Waals surface area contributed by atoms with Crippen LogP contribution in [-0.4, -0.2) is 16.7 Å². The molecule has 0 spiro atoms. The van der Waals surface area contributed by atoms with Gasteiger partial charge in [0, 0.05) is 17.1 Å². The van der Waals surface area contributed by atoms with E-state index >= 15 is 0 Å². The summed E-state index contributed by atoms with van der Waals surface area (Å²) in [6.07, 6.45) is 5.53. The third-order valence-electron chi connectivity index (χ3n) is 3.52. The Morgan fingerprint density at radius 2 is 2.06 bits per heavy atom. The SMILES string of the molecule is NC(CO)c1c[nH]c2cc3c(cc12)CCC3. The van der Waals surface area contributed by atoms with E-state index in [1.807, 2.05) is 6.20 Å². The van der Waals surface area contributed by atoms with E-state index < -0.39 is 0 Å². The molecule has 0 saturated carbocycles. The van der Waals surface area contributed by atoms with E-state index in [0.29, 0.717) is 0 Å². The van der Waals surface area contributed by atoms with Crippen molar-refractivity contribution >= 4 is 10.9 Å². The molecule has 0 radical (unpaired) electrons. The molecule has 3 heteroatoms. The van der Waals surface area contributed by atoms with E-state index in [1.54, 1.807) is 0 Å². The summed E-state index contributed by atoms with van der Waals surface area (Å²) in [5.74, 6) is 0. The van der Waals surface area contributed by atoms with Crippen molar-refractivity contribution in [2.24, 2.45) is 5.73 Å². The fourth-order valence-electron chi connectivity index (χ4n) is 2.62. The molecule has 4 N–H and O–H groups in total. The molecule has 16 heavy (non-hydrogen) atoms. The van der Waals surface area contributed by atoms with Gasteiger partial charge in [0.05, 0.1) is 12.6 Å². The standard InChI is InChI=1S/C13H16N2O/c14-12(7-16)11-6-15-13-5-9-3-1-2-8(9)4-10(11)13/h4-6,12,15-16H,1-3,7,14H2. The van der Waals surface area contributed by atoms with Crippen LogP contribution in [0.1, 0.15) is 29.2 Å². The highest BCUT2D eigenvalue weighted by Crippen LogP contribution is 2.30. The summed E-state index contributed by atoms with van der Waals surface area (Å²) in [6.45, 7) is -0.00988. The number of H-pyrrole nitrogens is 1. The lowest BCUT2D eigenvalue weighted by Gasteiger charge is -2.07. The molecule has 1 unspecified atom stereocenters. The third kappa shape index (κ3) is 1.36. The Kier molecular flexibility index (Phi) is 2.23. The Bertz CT molecular complexity index is 530. The van der Waals surface area contributed by atoms with Crippen LogP contribution in [0.15, 0.2) is 18.3 Å². The number of rotatable bonds is 2. The number of aryl methyl sites for hydroxylation is 2. The summed E-state index contributed by atoms with van der Waals surface area (Å²) >= 11 is 0. The molecule has 0 aliphatic heterocycles. The first kappa shape index (κ1) is 9.87. The molecule has 1 aromatic heterocycles. The smallest absolute Gasteiger partial charge is 0.0625 e. The molecule has 0 fully saturated rings. The van der Waals surface area contributed by atoms with Crippen molar-refractivity contribution in [1.82, 2.24) is 4.98 Å². The predicted molar refractivity (Wildman–Crippen MR) is 64.3 cm³/mol. The van der Waals surface area contributed by atoms with Crippen molar-refractivity contribution in [3.63, 3.8) is 0 Å². The molecule has 1 aliphatic carbocycles. The van der Waals surface area contributed by atoms with Crippen LogP contribution in [0.3, 0.4) is 0 Å². The first-order valence-corrected chi connectivity index (χ1v) is 5.79. The van der Waals surface area contributed by atoms with E-state index in [1.165, 1.54) is 35.8 Å². The number of nitrogens with two attached hydrogens (primary N) is 1. The number of nitrogens with one attached hydrogen (secondary N) is 1. The Hall–Kier alpha value is -1.32. The minimum atomic E-state index is -0.284.